The van der Waals surface area contributed by atoms with E-state index in [4.69, 9.17) is 10.5 Å². The van der Waals surface area contributed by atoms with Gasteiger partial charge in [-0.15, -0.1) is 19.0 Å². The molecule has 17 heavy (non-hydrogen) atoms. The Morgan fingerprint density at radius 1 is 1.65 bits per heavy atom. The molecule has 4 nitrogen and oxygen atoms in total. The smallest absolute Gasteiger partial charge is 0.308 e. The summed E-state index contributed by atoms with van der Waals surface area (Å²) in [5.74, 6) is -0.423. The summed E-state index contributed by atoms with van der Waals surface area (Å²) in [4.78, 5) is 10.7. The summed E-state index contributed by atoms with van der Waals surface area (Å²) in [5.41, 5.74) is 6.61. The van der Waals surface area contributed by atoms with Crippen molar-refractivity contribution in [1.82, 2.24) is 0 Å². The van der Waals surface area contributed by atoms with Crippen LogP contribution in [0.5, 0.6) is 11.5 Å². The van der Waals surface area contributed by atoms with E-state index in [2.05, 4.69) is 6.58 Å². The van der Waals surface area contributed by atoms with Gasteiger partial charge in [0.2, 0.25) is 0 Å². The van der Waals surface area contributed by atoms with Crippen LogP contribution in [0.1, 0.15) is 24.9 Å². The third-order valence-electron chi connectivity index (χ3n) is 2.09. The van der Waals surface area contributed by atoms with Gasteiger partial charge in [-0.25, -0.2) is 0 Å². The Balaban J connectivity index is 0.00000256. The molecular formula is C12H16ClNO3. The highest BCUT2D eigenvalue weighted by atomic mass is 35.5. The van der Waals surface area contributed by atoms with Crippen molar-refractivity contribution in [2.24, 2.45) is 5.73 Å². The zero-order valence-corrected chi connectivity index (χ0v) is 10.4. The number of halogens is 1. The quantitative estimate of drug-likeness (QED) is 0.493. The fraction of sp³-hybridized carbons (Fsp3) is 0.250. The van der Waals surface area contributed by atoms with E-state index in [0.717, 1.165) is 5.56 Å². The predicted molar refractivity (Wildman–Crippen MR) is 68.4 cm³/mol. The van der Waals surface area contributed by atoms with Gasteiger partial charge in [0.1, 0.15) is 0 Å². The molecule has 0 bridgehead atoms. The number of ether oxygens (including phenoxy) is 1. The SMILES string of the molecule is C=CC[C@H](N)c1ccc(OC(C)=O)c(O)c1.Cl. The summed E-state index contributed by atoms with van der Waals surface area (Å²) in [6.07, 6.45) is 2.33. The fourth-order valence-electron chi connectivity index (χ4n) is 1.32. The van der Waals surface area contributed by atoms with Crippen molar-refractivity contribution in [1.29, 1.82) is 0 Å². The third-order valence-corrected chi connectivity index (χ3v) is 2.09. The van der Waals surface area contributed by atoms with E-state index in [1.165, 1.54) is 19.1 Å². The number of aromatic hydroxyl groups is 1. The maximum atomic E-state index is 10.7. The molecule has 0 aromatic heterocycles. The van der Waals surface area contributed by atoms with Crippen molar-refractivity contribution < 1.29 is 14.6 Å². The summed E-state index contributed by atoms with van der Waals surface area (Å²) in [6.45, 7) is 4.87. The first-order valence-corrected chi connectivity index (χ1v) is 4.92. The van der Waals surface area contributed by atoms with E-state index in [-0.39, 0.29) is 29.9 Å². The number of nitrogens with two attached hydrogens (primary N) is 1. The molecule has 0 saturated carbocycles. The van der Waals surface area contributed by atoms with Gasteiger partial charge in [-0.05, 0) is 24.1 Å². The topological polar surface area (TPSA) is 72.5 Å². The molecule has 0 unspecified atom stereocenters. The monoisotopic (exact) mass is 257 g/mol. The summed E-state index contributed by atoms with van der Waals surface area (Å²) < 4.78 is 4.79. The highest BCUT2D eigenvalue weighted by Crippen LogP contribution is 2.29. The molecule has 1 aromatic carbocycles. The molecule has 1 rings (SSSR count). The lowest BCUT2D eigenvalue weighted by Crippen LogP contribution is -2.09. The minimum Gasteiger partial charge on any atom is -0.504 e. The number of hydrogen-bond donors (Lipinski definition) is 2. The highest BCUT2D eigenvalue weighted by molar-refractivity contribution is 5.85. The van der Waals surface area contributed by atoms with Crippen LogP contribution in [-0.4, -0.2) is 11.1 Å². The second kappa shape index (κ2) is 6.93. The first-order valence-electron chi connectivity index (χ1n) is 4.92. The number of rotatable bonds is 4. The second-order valence-corrected chi connectivity index (χ2v) is 3.45. The van der Waals surface area contributed by atoms with Crippen LogP contribution in [-0.2, 0) is 4.79 Å². The average molecular weight is 258 g/mol. The standard InChI is InChI=1S/C12H15NO3.ClH/c1-3-4-10(13)9-5-6-12(11(15)7-9)16-8(2)14;/h3,5-7,10,15H,1,4,13H2,2H3;1H/t10-;/m0./s1. The Morgan fingerprint density at radius 3 is 2.76 bits per heavy atom. The molecule has 0 radical (unpaired) electrons. The van der Waals surface area contributed by atoms with Crippen molar-refractivity contribution in [3.05, 3.63) is 36.4 Å². The molecule has 0 aliphatic heterocycles. The number of phenols is 1. The van der Waals surface area contributed by atoms with Crippen LogP contribution in [0.3, 0.4) is 0 Å². The maximum Gasteiger partial charge on any atom is 0.308 e. The Bertz CT molecular complexity index is 407. The maximum absolute atomic E-state index is 10.7. The van der Waals surface area contributed by atoms with Crippen LogP contribution in [0.4, 0.5) is 0 Å². The van der Waals surface area contributed by atoms with Gasteiger partial charge in [-0.3, -0.25) is 4.79 Å². The van der Waals surface area contributed by atoms with E-state index in [0.29, 0.717) is 6.42 Å². The van der Waals surface area contributed by atoms with Crippen molar-refractivity contribution in [3.63, 3.8) is 0 Å². The number of carbonyl (C=O) groups is 1. The molecule has 5 heteroatoms. The van der Waals surface area contributed by atoms with Gasteiger partial charge >= 0.3 is 5.97 Å². The van der Waals surface area contributed by atoms with E-state index < -0.39 is 5.97 Å². The Hall–Kier alpha value is -1.52. The van der Waals surface area contributed by atoms with Gasteiger partial charge in [0.05, 0.1) is 0 Å². The Labute approximate surface area is 106 Å². The molecule has 0 aliphatic rings. The molecule has 0 heterocycles. The molecule has 0 fully saturated rings. The molecule has 0 aliphatic carbocycles. The Kier molecular flexibility index (Phi) is 6.31. The van der Waals surface area contributed by atoms with Crippen LogP contribution >= 0.6 is 12.4 Å². The molecular weight excluding hydrogens is 242 g/mol. The normalized spacial score (nSPS) is 11.2. The lowest BCUT2D eigenvalue weighted by Gasteiger charge is -2.11. The Morgan fingerprint density at radius 2 is 2.29 bits per heavy atom. The van der Waals surface area contributed by atoms with E-state index in [1.54, 1.807) is 12.1 Å². The van der Waals surface area contributed by atoms with Gasteiger partial charge in [0, 0.05) is 13.0 Å². The largest absolute Gasteiger partial charge is 0.504 e. The predicted octanol–water partition coefficient (Wildman–Crippen LogP) is 2.32. The fourth-order valence-corrected chi connectivity index (χ4v) is 1.32. The first kappa shape index (κ1) is 15.5. The molecule has 0 spiro atoms. The minimum absolute atomic E-state index is 0. The van der Waals surface area contributed by atoms with Gasteiger partial charge in [0.15, 0.2) is 11.5 Å². The molecule has 3 N–H and O–H groups in total. The summed E-state index contributed by atoms with van der Waals surface area (Å²) in [5, 5.41) is 9.60. The zero-order valence-electron chi connectivity index (χ0n) is 9.55. The average Bonchev–Trinajstić information content (AvgIpc) is 2.20. The van der Waals surface area contributed by atoms with E-state index in [1.807, 2.05) is 0 Å². The van der Waals surface area contributed by atoms with Crippen LogP contribution in [0.25, 0.3) is 0 Å². The van der Waals surface area contributed by atoms with Gasteiger partial charge < -0.3 is 15.6 Å². The number of phenolic OH excluding ortho intramolecular Hbond substituents is 1. The number of hydrogen-bond acceptors (Lipinski definition) is 4. The van der Waals surface area contributed by atoms with Crippen LogP contribution < -0.4 is 10.5 Å². The summed E-state index contributed by atoms with van der Waals surface area (Å²) >= 11 is 0. The minimum atomic E-state index is -0.474. The summed E-state index contributed by atoms with van der Waals surface area (Å²) in [6, 6.07) is 4.52. The van der Waals surface area contributed by atoms with Crippen LogP contribution in [0, 0.1) is 0 Å². The van der Waals surface area contributed by atoms with Crippen molar-refractivity contribution >= 4 is 18.4 Å². The first-order chi connectivity index (χ1) is 7.54. The van der Waals surface area contributed by atoms with E-state index in [9.17, 15) is 9.90 Å². The summed E-state index contributed by atoms with van der Waals surface area (Å²) in [7, 11) is 0. The van der Waals surface area contributed by atoms with Gasteiger partial charge in [-0.2, -0.15) is 0 Å². The lowest BCUT2D eigenvalue weighted by molar-refractivity contribution is -0.132. The molecule has 1 atom stereocenters. The van der Waals surface area contributed by atoms with Gasteiger partial charge in [-0.1, -0.05) is 12.1 Å². The van der Waals surface area contributed by atoms with Crippen molar-refractivity contribution in [3.8, 4) is 11.5 Å². The number of benzene rings is 1. The van der Waals surface area contributed by atoms with E-state index >= 15 is 0 Å². The third kappa shape index (κ3) is 4.46. The number of esters is 1. The highest BCUT2D eigenvalue weighted by Gasteiger charge is 2.09. The van der Waals surface area contributed by atoms with Crippen LogP contribution in [0.15, 0.2) is 30.9 Å². The molecule has 0 amide bonds. The number of carbonyl (C=O) groups excluding carboxylic acids is 1. The van der Waals surface area contributed by atoms with Crippen LogP contribution in [0.2, 0.25) is 0 Å². The molecule has 1 aromatic rings. The second-order valence-electron chi connectivity index (χ2n) is 3.45. The molecule has 0 saturated heterocycles. The molecule has 94 valence electrons. The lowest BCUT2D eigenvalue weighted by atomic mass is 10.0. The van der Waals surface area contributed by atoms with Crippen molar-refractivity contribution in [2.45, 2.75) is 19.4 Å². The van der Waals surface area contributed by atoms with Crippen molar-refractivity contribution in [2.75, 3.05) is 0 Å². The van der Waals surface area contributed by atoms with Gasteiger partial charge in [0.25, 0.3) is 0 Å². The zero-order chi connectivity index (χ0) is 12.1.